The van der Waals surface area contributed by atoms with Crippen LogP contribution in [0.2, 0.25) is 0 Å². The molecule has 0 bridgehead atoms. The Hall–Kier alpha value is -5.57. The third-order valence-electron chi connectivity index (χ3n) is 9.65. The van der Waals surface area contributed by atoms with Crippen molar-refractivity contribution in [1.29, 1.82) is 0 Å². The minimum Gasteiger partial charge on any atom is -0.368 e. The van der Waals surface area contributed by atoms with Gasteiger partial charge in [0.25, 0.3) is 0 Å². The minimum atomic E-state index is -1.19. The van der Waals surface area contributed by atoms with E-state index in [9.17, 15) is 24.0 Å². The van der Waals surface area contributed by atoms with Gasteiger partial charge >= 0.3 is 0 Å². The molecule has 290 valence electrons. The van der Waals surface area contributed by atoms with Crippen molar-refractivity contribution in [2.75, 3.05) is 6.54 Å². The number of aromatic nitrogens is 1. The molecule has 3 aromatic carbocycles. The fraction of sp³-hybridized carbons (Fsp3) is 0.341. The lowest BCUT2D eigenvalue weighted by Gasteiger charge is -2.27. The molecule has 13 nitrogen and oxygen atoms in total. The fourth-order valence-corrected chi connectivity index (χ4v) is 7.44. The molecule has 0 unspecified atom stereocenters. The number of primary amides is 1. The highest BCUT2D eigenvalue weighted by atomic mass is 32.1. The number of para-hydroxylation sites is 1. The Balaban J connectivity index is 1.45. The number of carbonyl (C=O) groups excluding carboxylic acids is 5. The van der Waals surface area contributed by atoms with Gasteiger partial charge in [0.05, 0.1) is 6.04 Å². The lowest BCUT2D eigenvalue weighted by Crippen LogP contribution is -2.59. The number of amides is 5. The molecule has 11 N–H and O–H groups in total. The Morgan fingerprint density at radius 3 is 1.89 bits per heavy atom. The maximum Gasteiger partial charge on any atom is 0.243 e. The maximum absolute atomic E-state index is 14.4. The van der Waals surface area contributed by atoms with Crippen LogP contribution in [-0.4, -0.2) is 71.3 Å². The Bertz CT molecular complexity index is 2080. The Kier molecular flexibility index (Phi) is 14.5. The first kappa shape index (κ1) is 40.6. The number of nitrogens with one attached hydrogen (secondary N) is 5. The molecule has 0 aliphatic carbocycles. The van der Waals surface area contributed by atoms with Gasteiger partial charge in [0.1, 0.15) is 24.2 Å². The topological polar surface area (TPSA) is 227 Å². The molecule has 5 aromatic rings. The molecule has 5 amide bonds. The van der Waals surface area contributed by atoms with Crippen LogP contribution in [0, 0.1) is 0 Å². The molecule has 0 fully saturated rings. The van der Waals surface area contributed by atoms with Gasteiger partial charge in [-0.2, -0.15) is 0 Å². The van der Waals surface area contributed by atoms with Crippen LogP contribution >= 0.6 is 11.3 Å². The van der Waals surface area contributed by atoms with Crippen LogP contribution in [0.15, 0.2) is 90.4 Å². The van der Waals surface area contributed by atoms with Crippen LogP contribution in [0.1, 0.15) is 49.3 Å². The maximum atomic E-state index is 14.4. The van der Waals surface area contributed by atoms with E-state index in [1.165, 1.54) is 11.3 Å². The van der Waals surface area contributed by atoms with Gasteiger partial charge < -0.3 is 43.5 Å². The van der Waals surface area contributed by atoms with Gasteiger partial charge in [-0.15, -0.1) is 11.3 Å². The van der Waals surface area contributed by atoms with E-state index in [2.05, 4.69) is 26.3 Å². The van der Waals surface area contributed by atoms with E-state index in [0.717, 1.165) is 37.7 Å². The second-order valence-electron chi connectivity index (χ2n) is 13.7. The quantitative estimate of drug-likeness (QED) is 0.0552. The summed E-state index contributed by atoms with van der Waals surface area (Å²) in [6.07, 6.45) is 3.95. The molecule has 5 rings (SSSR count). The van der Waals surface area contributed by atoms with Crippen molar-refractivity contribution >= 4 is 61.9 Å². The number of benzene rings is 3. The molecule has 0 saturated carbocycles. The molecule has 0 spiro atoms. The number of rotatable bonds is 20. The minimum absolute atomic E-state index is 0.0563. The Labute approximate surface area is 324 Å². The first-order valence-corrected chi connectivity index (χ1v) is 19.5. The zero-order valence-electron chi connectivity index (χ0n) is 30.9. The number of H-pyrrole nitrogens is 1. The SMILES string of the molecule is CC[C@H](N)C(=O)N[C@H](Cc1csc2ccccc12)C(=O)N[C@H](Cc1c[nH]c2ccccc12)C(=O)N[C@@H](Cc1ccccc1)C(=O)N[C@H](CCCCN)C(N)=O. The predicted molar refractivity (Wildman–Crippen MR) is 216 cm³/mol. The van der Waals surface area contributed by atoms with Crippen molar-refractivity contribution in [3.05, 3.63) is 107 Å². The zero-order valence-corrected chi connectivity index (χ0v) is 31.7. The van der Waals surface area contributed by atoms with Gasteiger partial charge in [-0.1, -0.05) is 73.7 Å². The molecule has 5 atom stereocenters. The summed E-state index contributed by atoms with van der Waals surface area (Å²) in [4.78, 5) is 71.3. The lowest BCUT2D eigenvalue weighted by atomic mass is 10.00. The van der Waals surface area contributed by atoms with E-state index in [4.69, 9.17) is 17.2 Å². The summed E-state index contributed by atoms with van der Waals surface area (Å²) in [7, 11) is 0. The average Bonchev–Trinajstić information content (AvgIpc) is 3.80. The second kappa shape index (κ2) is 19.7. The van der Waals surface area contributed by atoms with E-state index in [0.29, 0.717) is 25.8 Å². The molecular weight excluding hydrogens is 717 g/mol. The highest BCUT2D eigenvalue weighted by Crippen LogP contribution is 2.27. The summed E-state index contributed by atoms with van der Waals surface area (Å²) in [6, 6.07) is 19.3. The summed E-state index contributed by atoms with van der Waals surface area (Å²) in [5, 5.41) is 15.1. The van der Waals surface area contributed by atoms with Crippen molar-refractivity contribution in [2.45, 2.75) is 82.1 Å². The Morgan fingerprint density at radius 1 is 0.673 bits per heavy atom. The number of fused-ring (bicyclic) bond motifs is 2. The summed E-state index contributed by atoms with van der Waals surface area (Å²) < 4.78 is 1.03. The number of unbranched alkanes of at least 4 members (excludes halogenated alkanes) is 1. The molecule has 14 heteroatoms. The molecular formula is C41H50N8O5S. The van der Waals surface area contributed by atoms with Gasteiger partial charge in [0.2, 0.25) is 29.5 Å². The van der Waals surface area contributed by atoms with Crippen LogP contribution in [0.5, 0.6) is 0 Å². The standard InChI is InChI=1S/C41H50N8O5S/c1-2-30(43)38(51)47-35(22-27-24-55-36-18-9-7-15-29(27)36)41(54)49-34(21-26-23-45-31-16-8-6-14-28(26)31)40(53)48-33(20-25-12-4-3-5-13-25)39(52)46-32(37(44)50)17-10-11-19-42/h3-9,12-16,18,23-24,30,32-35,45H,2,10-11,17,19-22,42-43H2,1H3,(H2,44,50)(H,46,52)(H,47,51)(H,48,53)(H,49,54)/t30-,32+,33-,34+,35+/m0/s1. The van der Waals surface area contributed by atoms with Crippen molar-refractivity contribution in [3.8, 4) is 0 Å². The number of hydrogen-bond donors (Lipinski definition) is 8. The third kappa shape index (κ3) is 11.0. The van der Waals surface area contributed by atoms with Gasteiger partial charge in [0, 0.05) is 41.1 Å². The van der Waals surface area contributed by atoms with E-state index in [-0.39, 0.29) is 25.7 Å². The second-order valence-corrected chi connectivity index (χ2v) is 14.6. The van der Waals surface area contributed by atoms with Gasteiger partial charge in [-0.3, -0.25) is 24.0 Å². The molecule has 0 saturated heterocycles. The van der Waals surface area contributed by atoms with E-state index in [1.54, 1.807) is 13.1 Å². The van der Waals surface area contributed by atoms with E-state index >= 15 is 0 Å². The van der Waals surface area contributed by atoms with Crippen LogP contribution in [-0.2, 0) is 43.2 Å². The molecule has 55 heavy (non-hydrogen) atoms. The monoisotopic (exact) mass is 766 g/mol. The third-order valence-corrected chi connectivity index (χ3v) is 10.7. The predicted octanol–water partition coefficient (Wildman–Crippen LogP) is 2.70. The van der Waals surface area contributed by atoms with Gasteiger partial charge in [0.15, 0.2) is 0 Å². The number of thiophene rings is 1. The van der Waals surface area contributed by atoms with E-state index in [1.807, 2.05) is 84.2 Å². The zero-order chi connectivity index (χ0) is 39.3. The first-order chi connectivity index (χ1) is 26.6. The van der Waals surface area contributed by atoms with Crippen LogP contribution in [0.3, 0.4) is 0 Å². The normalized spacial score (nSPS) is 14.0. The molecule has 2 aromatic heterocycles. The molecule has 2 heterocycles. The number of hydrogen-bond acceptors (Lipinski definition) is 8. The van der Waals surface area contributed by atoms with Crippen LogP contribution < -0.4 is 38.5 Å². The fourth-order valence-electron chi connectivity index (χ4n) is 6.47. The highest BCUT2D eigenvalue weighted by Gasteiger charge is 2.32. The van der Waals surface area contributed by atoms with Crippen molar-refractivity contribution in [1.82, 2.24) is 26.3 Å². The number of aromatic amines is 1. The number of carbonyl (C=O) groups is 5. The first-order valence-electron chi connectivity index (χ1n) is 18.6. The van der Waals surface area contributed by atoms with Crippen LogP contribution in [0.25, 0.3) is 21.0 Å². The van der Waals surface area contributed by atoms with Gasteiger partial charge in [-0.05, 0) is 71.8 Å². The molecule has 0 aliphatic rings. The molecule has 0 radical (unpaired) electrons. The smallest absolute Gasteiger partial charge is 0.243 e. The van der Waals surface area contributed by atoms with Crippen molar-refractivity contribution in [2.24, 2.45) is 17.2 Å². The van der Waals surface area contributed by atoms with Crippen molar-refractivity contribution < 1.29 is 24.0 Å². The summed E-state index contributed by atoms with van der Waals surface area (Å²) in [5.74, 6) is -3.02. The largest absolute Gasteiger partial charge is 0.368 e. The number of nitrogens with two attached hydrogens (primary N) is 3. The summed E-state index contributed by atoms with van der Waals surface area (Å²) >= 11 is 1.53. The Morgan fingerprint density at radius 2 is 1.24 bits per heavy atom. The van der Waals surface area contributed by atoms with Crippen molar-refractivity contribution in [3.63, 3.8) is 0 Å². The van der Waals surface area contributed by atoms with E-state index < -0.39 is 59.7 Å². The van der Waals surface area contributed by atoms with Crippen LogP contribution in [0.4, 0.5) is 0 Å². The summed E-state index contributed by atoms with van der Waals surface area (Å²) in [6.45, 7) is 2.20. The molecule has 0 aliphatic heterocycles. The van der Waals surface area contributed by atoms with Gasteiger partial charge in [-0.25, -0.2) is 0 Å². The average molecular weight is 767 g/mol. The summed E-state index contributed by atoms with van der Waals surface area (Å²) in [5.41, 5.74) is 20.6. The lowest BCUT2D eigenvalue weighted by molar-refractivity contribution is -0.134. The highest BCUT2D eigenvalue weighted by molar-refractivity contribution is 7.17.